The average Bonchev–Trinajstić information content (AvgIpc) is 2.70. The molecule has 0 unspecified atom stereocenters. The first-order chi connectivity index (χ1) is 13.5. The van der Waals surface area contributed by atoms with Gasteiger partial charge in [-0.05, 0) is 23.8 Å². The van der Waals surface area contributed by atoms with E-state index in [0.29, 0.717) is 18.7 Å². The van der Waals surface area contributed by atoms with E-state index in [4.69, 9.17) is 0 Å². The van der Waals surface area contributed by atoms with Gasteiger partial charge in [0.1, 0.15) is 5.82 Å². The third kappa shape index (κ3) is 5.27. The lowest BCUT2D eigenvalue weighted by Crippen LogP contribution is -2.48. The molecule has 0 spiro atoms. The molecule has 2 aromatic rings. The van der Waals surface area contributed by atoms with Crippen molar-refractivity contribution in [1.29, 1.82) is 0 Å². The van der Waals surface area contributed by atoms with Crippen LogP contribution in [0.25, 0.3) is 6.08 Å². The first-order valence-electron chi connectivity index (χ1n) is 9.33. The normalized spacial score (nSPS) is 15.0. The van der Waals surface area contributed by atoms with Crippen LogP contribution in [0.3, 0.4) is 0 Å². The number of nitrogens with zero attached hydrogens (tertiary/aromatic N) is 2. The van der Waals surface area contributed by atoms with E-state index < -0.39 is 5.82 Å². The summed E-state index contributed by atoms with van der Waals surface area (Å²) in [6, 6.07) is 14.2. The zero-order valence-electron chi connectivity index (χ0n) is 15.9. The zero-order chi connectivity index (χ0) is 19.9. The van der Waals surface area contributed by atoms with Crippen LogP contribution in [0.1, 0.15) is 22.8 Å². The van der Waals surface area contributed by atoms with Crippen molar-refractivity contribution < 1.29 is 14.0 Å². The Kier molecular flexibility index (Phi) is 6.55. The molecule has 0 saturated carbocycles. The molecule has 1 saturated heterocycles. The fourth-order valence-corrected chi connectivity index (χ4v) is 3.16. The second-order valence-corrected chi connectivity index (χ2v) is 6.78. The number of piperazine rings is 1. The van der Waals surface area contributed by atoms with Crippen molar-refractivity contribution in [3.63, 3.8) is 0 Å². The molecular weight excluding hydrogens is 357 g/mol. The molecular formula is C22H24FN3O2. The molecule has 0 radical (unpaired) electrons. The molecule has 1 fully saturated rings. The number of carbonyl (C=O) groups is 2. The fraction of sp³-hybridized carbons (Fsp3) is 0.273. The van der Waals surface area contributed by atoms with Crippen LogP contribution in [0.4, 0.5) is 10.1 Å². The summed E-state index contributed by atoms with van der Waals surface area (Å²) in [5.74, 6) is -1.08. The second-order valence-electron chi connectivity index (χ2n) is 6.78. The highest BCUT2D eigenvalue weighted by atomic mass is 19.1. The SMILES string of the molecule is CC(=O)Nc1cc(C(=O)N2CCN(C/C=C/c3ccccc3)CC2)ccc1F. The van der Waals surface area contributed by atoms with Crippen molar-refractivity contribution in [2.24, 2.45) is 0 Å². The minimum absolute atomic E-state index is 0.0306. The Morgan fingerprint density at radius 2 is 1.79 bits per heavy atom. The van der Waals surface area contributed by atoms with Gasteiger partial charge in [0.15, 0.2) is 0 Å². The molecule has 0 aliphatic carbocycles. The molecule has 0 aromatic heterocycles. The van der Waals surface area contributed by atoms with Crippen LogP contribution in [-0.2, 0) is 4.79 Å². The Hall–Kier alpha value is -2.99. The minimum Gasteiger partial charge on any atom is -0.336 e. The van der Waals surface area contributed by atoms with E-state index in [9.17, 15) is 14.0 Å². The van der Waals surface area contributed by atoms with Gasteiger partial charge in [-0.25, -0.2) is 4.39 Å². The lowest BCUT2D eigenvalue weighted by molar-refractivity contribution is -0.114. The van der Waals surface area contributed by atoms with E-state index in [0.717, 1.165) is 19.6 Å². The van der Waals surface area contributed by atoms with E-state index in [-0.39, 0.29) is 17.5 Å². The van der Waals surface area contributed by atoms with Crippen molar-refractivity contribution in [3.05, 3.63) is 71.6 Å². The summed E-state index contributed by atoms with van der Waals surface area (Å²) in [5, 5.41) is 2.41. The predicted octanol–water partition coefficient (Wildman–Crippen LogP) is 3.26. The summed E-state index contributed by atoms with van der Waals surface area (Å²) in [7, 11) is 0. The van der Waals surface area contributed by atoms with Gasteiger partial charge in [-0.1, -0.05) is 42.5 Å². The summed E-state index contributed by atoms with van der Waals surface area (Å²) in [4.78, 5) is 27.9. The highest BCUT2D eigenvalue weighted by molar-refractivity contribution is 5.97. The maximum absolute atomic E-state index is 13.8. The fourth-order valence-electron chi connectivity index (χ4n) is 3.16. The number of nitrogens with one attached hydrogen (secondary N) is 1. The summed E-state index contributed by atoms with van der Waals surface area (Å²) >= 11 is 0. The van der Waals surface area contributed by atoms with Crippen LogP contribution >= 0.6 is 0 Å². The summed E-state index contributed by atoms with van der Waals surface area (Å²) < 4.78 is 13.8. The number of carbonyl (C=O) groups excluding carboxylic acids is 2. The number of amides is 2. The lowest BCUT2D eigenvalue weighted by atomic mass is 10.1. The van der Waals surface area contributed by atoms with Crippen LogP contribution < -0.4 is 5.32 Å². The van der Waals surface area contributed by atoms with E-state index in [1.54, 1.807) is 4.90 Å². The number of hydrogen-bond donors (Lipinski definition) is 1. The van der Waals surface area contributed by atoms with Gasteiger partial charge in [0.25, 0.3) is 5.91 Å². The molecule has 146 valence electrons. The molecule has 1 aliphatic heterocycles. The number of halogens is 1. The van der Waals surface area contributed by atoms with Crippen molar-refractivity contribution in [1.82, 2.24) is 9.80 Å². The first kappa shape index (κ1) is 19.8. The number of anilines is 1. The van der Waals surface area contributed by atoms with E-state index in [1.165, 1.54) is 30.7 Å². The van der Waals surface area contributed by atoms with Crippen molar-refractivity contribution >= 4 is 23.6 Å². The Morgan fingerprint density at radius 1 is 1.07 bits per heavy atom. The molecule has 1 aliphatic rings. The Labute approximate surface area is 164 Å². The van der Waals surface area contributed by atoms with Gasteiger partial charge in [0.2, 0.25) is 5.91 Å². The summed E-state index contributed by atoms with van der Waals surface area (Å²) in [5.41, 5.74) is 1.58. The monoisotopic (exact) mass is 381 g/mol. The van der Waals surface area contributed by atoms with E-state index >= 15 is 0 Å². The van der Waals surface area contributed by atoms with Crippen LogP contribution in [-0.4, -0.2) is 54.3 Å². The molecule has 2 amide bonds. The third-order valence-corrected chi connectivity index (χ3v) is 4.66. The standard InChI is InChI=1S/C22H24FN3O2/c1-17(27)24-21-16-19(9-10-20(21)23)22(28)26-14-12-25(13-15-26)11-5-8-18-6-3-2-4-7-18/h2-10,16H,11-15H2,1H3,(H,24,27)/b8-5+. The average molecular weight is 381 g/mol. The molecule has 0 atom stereocenters. The number of hydrogen-bond acceptors (Lipinski definition) is 3. The maximum atomic E-state index is 13.8. The number of rotatable bonds is 5. The van der Waals surface area contributed by atoms with Gasteiger partial charge < -0.3 is 10.2 Å². The molecule has 28 heavy (non-hydrogen) atoms. The smallest absolute Gasteiger partial charge is 0.254 e. The van der Waals surface area contributed by atoms with Crippen LogP contribution in [0, 0.1) is 5.82 Å². The molecule has 3 rings (SSSR count). The van der Waals surface area contributed by atoms with E-state index in [1.807, 2.05) is 18.2 Å². The predicted molar refractivity (Wildman–Crippen MR) is 109 cm³/mol. The van der Waals surface area contributed by atoms with Crippen LogP contribution in [0.15, 0.2) is 54.6 Å². The number of benzene rings is 2. The molecule has 6 heteroatoms. The molecule has 1 heterocycles. The van der Waals surface area contributed by atoms with Crippen LogP contribution in [0.5, 0.6) is 0 Å². The second kappa shape index (κ2) is 9.28. The Morgan fingerprint density at radius 3 is 2.46 bits per heavy atom. The molecule has 2 aromatic carbocycles. The Balaban J connectivity index is 1.54. The van der Waals surface area contributed by atoms with Crippen LogP contribution in [0.2, 0.25) is 0 Å². The van der Waals surface area contributed by atoms with Crippen molar-refractivity contribution in [3.8, 4) is 0 Å². The van der Waals surface area contributed by atoms with Gasteiger partial charge in [0, 0.05) is 45.2 Å². The lowest BCUT2D eigenvalue weighted by Gasteiger charge is -2.34. The van der Waals surface area contributed by atoms with Gasteiger partial charge in [-0.3, -0.25) is 14.5 Å². The topological polar surface area (TPSA) is 52.7 Å². The molecule has 0 bridgehead atoms. The van der Waals surface area contributed by atoms with Gasteiger partial charge >= 0.3 is 0 Å². The summed E-state index contributed by atoms with van der Waals surface area (Å²) in [6.45, 7) is 4.94. The summed E-state index contributed by atoms with van der Waals surface area (Å²) in [6.07, 6.45) is 4.23. The largest absolute Gasteiger partial charge is 0.336 e. The van der Waals surface area contributed by atoms with E-state index in [2.05, 4.69) is 34.5 Å². The Bertz CT molecular complexity index is 859. The zero-order valence-corrected chi connectivity index (χ0v) is 15.9. The van der Waals surface area contributed by atoms with Crippen molar-refractivity contribution in [2.45, 2.75) is 6.92 Å². The molecule has 5 nitrogen and oxygen atoms in total. The highest BCUT2D eigenvalue weighted by Crippen LogP contribution is 2.18. The van der Waals surface area contributed by atoms with Gasteiger partial charge in [-0.15, -0.1) is 0 Å². The first-order valence-corrected chi connectivity index (χ1v) is 9.33. The third-order valence-electron chi connectivity index (χ3n) is 4.66. The molecule has 1 N–H and O–H groups in total. The minimum atomic E-state index is -0.554. The van der Waals surface area contributed by atoms with Gasteiger partial charge in [0.05, 0.1) is 5.69 Å². The maximum Gasteiger partial charge on any atom is 0.254 e. The van der Waals surface area contributed by atoms with Crippen molar-refractivity contribution in [2.75, 3.05) is 38.0 Å². The van der Waals surface area contributed by atoms with Gasteiger partial charge in [-0.2, -0.15) is 0 Å². The highest BCUT2D eigenvalue weighted by Gasteiger charge is 2.22. The quantitative estimate of drug-likeness (QED) is 0.865.